The molecule has 0 aliphatic heterocycles. The fourth-order valence-corrected chi connectivity index (χ4v) is 2.22. The molecule has 0 aromatic carbocycles. The number of thiazole rings is 1. The number of aromatic nitrogens is 4. The van der Waals surface area contributed by atoms with Gasteiger partial charge in [-0.3, -0.25) is 4.98 Å². The summed E-state index contributed by atoms with van der Waals surface area (Å²) < 4.78 is 0. The van der Waals surface area contributed by atoms with Gasteiger partial charge in [0.2, 0.25) is 11.1 Å². The molecule has 2 aromatic heterocycles. The van der Waals surface area contributed by atoms with Gasteiger partial charge >= 0.3 is 0 Å². The zero-order valence-electron chi connectivity index (χ0n) is 6.60. The summed E-state index contributed by atoms with van der Waals surface area (Å²) in [6, 6.07) is 0. The Morgan fingerprint density at radius 2 is 2.54 bits per heavy atom. The summed E-state index contributed by atoms with van der Waals surface area (Å²) >= 11 is 3.16. The predicted octanol–water partition coefficient (Wildman–Crippen LogP) is 1.14. The smallest absolute Gasteiger partial charge is 0.216 e. The first-order valence-corrected chi connectivity index (χ1v) is 5.39. The van der Waals surface area contributed by atoms with Crippen molar-refractivity contribution in [2.24, 2.45) is 0 Å². The van der Waals surface area contributed by atoms with E-state index in [9.17, 15) is 0 Å². The summed E-state index contributed by atoms with van der Waals surface area (Å²) in [6.07, 6.45) is 1.84. The van der Waals surface area contributed by atoms with Gasteiger partial charge in [-0.25, -0.2) is 5.10 Å². The second kappa shape index (κ2) is 3.75. The lowest BCUT2D eigenvalue weighted by Gasteiger charge is -1.90. The van der Waals surface area contributed by atoms with Crippen LogP contribution in [0.5, 0.6) is 0 Å². The molecule has 0 aliphatic carbocycles. The quantitative estimate of drug-likeness (QED) is 0.747. The van der Waals surface area contributed by atoms with E-state index >= 15 is 0 Å². The molecule has 0 saturated heterocycles. The molecule has 2 aromatic rings. The van der Waals surface area contributed by atoms with Crippen LogP contribution in [-0.2, 0) is 5.75 Å². The zero-order valence-corrected chi connectivity index (χ0v) is 8.23. The van der Waals surface area contributed by atoms with Crippen molar-refractivity contribution >= 4 is 29.0 Å². The first kappa shape index (κ1) is 8.52. The molecule has 3 N–H and O–H groups in total. The number of anilines is 1. The SMILES string of the molecule is Nc1nc(SCc2cncs2)n[nH]1. The van der Waals surface area contributed by atoms with E-state index in [4.69, 9.17) is 5.73 Å². The molecule has 0 bridgehead atoms. The van der Waals surface area contributed by atoms with Crippen LogP contribution in [0.3, 0.4) is 0 Å². The molecule has 0 atom stereocenters. The number of nitrogens with one attached hydrogen (secondary N) is 1. The fourth-order valence-electron chi connectivity index (χ4n) is 0.772. The number of nitrogens with zero attached hydrogens (tertiary/aromatic N) is 3. The zero-order chi connectivity index (χ0) is 9.10. The van der Waals surface area contributed by atoms with Crippen LogP contribution in [0.1, 0.15) is 4.88 Å². The Balaban J connectivity index is 1.93. The minimum absolute atomic E-state index is 0.354. The van der Waals surface area contributed by atoms with Crippen LogP contribution < -0.4 is 5.73 Å². The molecule has 2 rings (SSSR count). The second-order valence-electron chi connectivity index (χ2n) is 2.26. The Kier molecular flexibility index (Phi) is 2.46. The minimum Gasteiger partial charge on any atom is -0.368 e. The number of aromatic amines is 1. The molecule has 5 nitrogen and oxygen atoms in total. The van der Waals surface area contributed by atoms with Crippen LogP contribution in [0, 0.1) is 0 Å². The van der Waals surface area contributed by atoms with Crippen LogP contribution in [0.25, 0.3) is 0 Å². The summed E-state index contributed by atoms with van der Waals surface area (Å²) in [5.74, 6) is 1.19. The van der Waals surface area contributed by atoms with E-state index in [2.05, 4.69) is 20.2 Å². The molecule has 2 heterocycles. The lowest BCUT2D eigenvalue weighted by Crippen LogP contribution is -1.85. The van der Waals surface area contributed by atoms with E-state index in [0.29, 0.717) is 11.1 Å². The average molecular weight is 213 g/mol. The van der Waals surface area contributed by atoms with Gasteiger partial charge in [0, 0.05) is 16.8 Å². The van der Waals surface area contributed by atoms with Gasteiger partial charge in [0.15, 0.2) is 0 Å². The van der Waals surface area contributed by atoms with Gasteiger partial charge < -0.3 is 5.73 Å². The average Bonchev–Trinajstić information content (AvgIpc) is 2.71. The van der Waals surface area contributed by atoms with Crippen LogP contribution in [0.4, 0.5) is 5.95 Å². The topological polar surface area (TPSA) is 80.5 Å². The van der Waals surface area contributed by atoms with Crippen molar-refractivity contribution in [2.45, 2.75) is 10.9 Å². The molecule has 13 heavy (non-hydrogen) atoms. The molecule has 0 amide bonds. The lowest BCUT2D eigenvalue weighted by atomic mass is 10.6. The van der Waals surface area contributed by atoms with Crippen LogP contribution in [0.15, 0.2) is 16.9 Å². The van der Waals surface area contributed by atoms with Gasteiger partial charge in [0.05, 0.1) is 5.51 Å². The van der Waals surface area contributed by atoms with Gasteiger partial charge in [0.25, 0.3) is 0 Å². The Morgan fingerprint density at radius 3 is 3.15 bits per heavy atom. The third-order valence-electron chi connectivity index (χ3n) is 1.31. The maximum absolute atomic E-state index is 5.38. The highest BCUT2D eigenvalue weighted by atomic mass is 32.2. The molecule has 0 saturated carbocycles. The summed E-state index contributed by atoms with van der Waals surface area (Å²) in [5, 5.41) is 7.16. The van der Waals surface area contributed by atoms with Gasteiger partial charge in [-0.1, -0.05) is 11.8 Å². The van der Waals surface area contributed by atoms with Crippen molar-refractivity contribution in [3.05, 3.63) is 16.6 Å². The Hall–Kier alpha value is -1.08. The number of rotatable bonds is 3. The van der Waals surface area contributed by atoms with Gasteiger partial charge in [-0.05, 0) is 0 Å². The normalized spacial score (nSPS) is 10.5. The van der Waals surface area contributed by atoms with Crippen LogP contribution >= 0.6 is 23.1 Å². The summed E-state index contributed by atoms with van der Waals surface area (Å²) in [6.45, 7) is 0. The highest BCUT2D eigenvalue weighted by molar-refractivity contribution is 7.98. The Morgan fingerprint density at radius 1 is 1.62 bits per heavy atom. The Bertz CT molecular complexity index is 368. The largest absolute Gasteiger partial charge is 0.368 e. The first-order valence-electron chi connectivity index (χ1n) is 3.52. The van der Waals surface area contributed by atoms with Crippen molar-refractivity contribution in [1.82, 2.24) is 20.2 Å². The summed E-state index contributed by atoms with van der Waals surface area (Å²) in [7, 11) is 0. The lowest BCUT2D eigenvalue weighted by molar-refractivity contribution is 0.973. The molecule has 68 valence electrons. The highest BCUT2D eigenvalue weighted by Crippen LogP contribution is 2.20. The van der Waals surface area contributed by atoms with E-state index in [1.54, 1.807) is 11.3 Å². The van der Waals surface area contributed by atoms with E-state index in [-0.39, 0.29) is 0 Å². The predicted molar refractivity (Wildman–Crippen MR) is 52.5 cm³/mol. The number of thioether (sulfide) groups is 1. The van der Waals surface area contributed by atoms with E-state index in [1.807, 2.05) is 11.7 Å². The number of hydrogen-bond acceptors (Lipinski definition) is 6. The molecule has 0 fully saturated rings. The number of H-pyrrole nitrogens is 1. The number of nitrogen functional groups attached to an aromatic ring is 1. The summed E-state index contributed by atoms with van der Waals surface area (Å²) in [4.78, 5) is 9.14. The first-order chi connectivity index (χ1) is 6.34. The van der Waals surface area contributed by atoms with E-state index < -0.39 is 0 Å². The van der Waals surface area contributed by atoms with E-state index in [1.165, 1.54) is 16.6 Å². The van der Waals surface area contributed by atoms with Crippen LogP contribution in [-0.4, -0.2) is 20.2 Å². The highest BCUT2D eigenvalue weighted by Gasteiger charge is 2.02. The second-order valence-corrected chi connectivity index (χ2v) is 4.17. The van der Waals surface area contributed by atoms with Crippen molar-refractivity contribution < 1.29 is 0 Å². The van der Waals surface area contributed by atoms with Crippen molar-refractivity contribution in [3.63, 3.8) is 0 Å². The Labute approximate surface area is 82.8 Å². The summed E-state index contributed by atoms with van der Waals surface area (Å²) in [5.41, 5.74) is 7.18. The van der Waals surface area contributed by atoms with Crippen molar-refractivity contribution in [1.29, 1.82) is 0 Å². The number of hydrogen-bond donors (Lipinski definition) is 2. The fraction of sp³-hybridized carbons (Fsp3) is 0.167. The molecule has 0 unspecified atom stereocenters. The molecule has 0 radical (unpaired) electrons. The van der Waals surface area contributed by atoms with E-state index in [0.717, 1.165) is 5.75 Å². The van der Waals surface area contributed by atoms with Crippen LogP contribution in [0.2, 0.25) is 0 Å². The monoisotopic (exact) mass is 213 g/mol. The number of nitrogens with two attached hydrogens (primary N) is 1. The maximum Gasteiger partial charge on any atom is 0.216 e. The molecular weight excluding hydrogens is 206 g/mol. The molecule has 0 aliphatic rings. The third kappa shape index (κ3) is 2.19. The maximum atomic E-state index is 5.38. The minimum atomic E-state index is 0.354. The molecule has 0 spiro atoms. The van der Waals surface area contributed by atoms with Gasteiger partial charge in [-0.2, -0.15) is 4.98 Å². The van der Waals surface area contributed by atoms with Crippen molar-refractivity contribution in [3.8, 4) is 0 Å². The van der Waals surface area contributed by atoms with Gasteiger partial charge in [-0.15, -0.1) is 16.4 Å². The third-order valence-corrected chi connectivity index (χ3v) is 3.17. The molecular formula is C6H7N5S2. The standard InChI is InChI=1S/C6H7N5S2/c7-5-9-6(11-10-5)12-2-4-1-8-3-13-4/h1,3H,2H2,(H3,7,9,10,11). The van der Waals surface area contributed by atoms with Crippen molar-refractivity contribution in [2.75, 3.05) is 5.73 Å². The van der Waals surface area contributed by atoms with Gasteiger partial charge in [0.1, 0.15) is 0 Å². The molecule has 7 heteroatoms.